The molecule has 2 aromatic rings. The molecule has 0 spiro atoms. The van der Waals surface area contributed by atoms with Crippen molar-refractivity contribution in [2.24, 2.45) is 0 Å². The van der Waals surface area contributed by atoms with Crippen molar-refractivity contribution in [1.29, 1.82) is 0 Å². The molecule has 3 heterocycles. The summed E-state index contributed by atoms with van der Waals surface area (Å²) in [6, 6.07) is 1.75. The second kappa shape index (κ2) is 6.04. The number of H-pyrrole nitrogens is 1. The van der Waals surface area contributed by atoms with E-state index >= 15 is 0 Å². The summed E-state index contributed by atoms with van der Waals surface area (Å²) in [4.78, 5) is 38.6. The van der Waals surface area contributed by atoms with Crippen LogP contribution < -0.4 is 10.9 Å². The van der Waals surface area contributed by atoms with Crippen LogP contribution in [0.1, 0.15) is 37.8 Å². The third kappa shape index (κ3) is 2.94. The molecule has 2 N–H and O–H groups in total. The van der Waals surface area contributed by atoms with Crippen molar-refractivity contribution in [3.63, 3.8) is 0 Å². The average molecular weight is 335 g/mol. The number of hydrogen-bond acceptors (Lipinski definition) is 5. The number of nitrogens with one attached hydrogen (secondary N) is 2. The monoisotopic (exact) mass is 335 g/mol. The van der Waals surface area contributed by atoms with Gasteiger partial charge in [-0.05, 0) is 37.3 Å². The smallest absolute Gasteiger partial charge is 0.293 e. The third-order valence-corrected chi connectivity index (χ3v) is 4.97. The summed E-state index contributed by atoms with van der Waals surface area (Å²) in [5, 5.41) is 6.83. The highest BCUT2D eigenvalue weighted by Gasteiger charge is 2.30. The maximum absolute atomic E-state index is 12.5. The Balaban J connectivity index is 1.64. The summed E-state index contributed by atoms with van der Waals surface area (Å²) in [6.07, 6.45) is 0.663. The van der Waals surface area contributed by atoms with Crippen LogP contribution in [0.2, 0.25) is 0 Å². The average Bonchev–Trinajstić information content (AvgIpc) is 3.20. The zero-order valence-corrected chi connectivity index (χ0v) is 13.7. The van der Waals surface area contributed by atoms with Crippen LogP contribution in [0.5, 0.6) is 0 Å². The summed E-state index contributed by atoms with van der Waals surface area (Å²) in [5.74, 6) is -0.219. The van der Waals surface area contributed by atoms with Gasteiger partial charge in [0.05, 0.1) is 4.88 Å². The van der Waals surface area contributed by atoms with E-state index in [9.17, 15) is 14.4 Å². The number of carbonyl (C=O) groups excluding carboxylic acids is 2. The Morgan fingerprint density at radius 1 is 1.43 bits per heavy atom. The van der Waals surface area contributed by atoms with Crippen LogP contribution in [0.4, 0.5) is 0 Å². The molecule has 1 atom stereocenters. The first-order valence-electron chi connectivity index (χ1n) is 7.29. The molecule has 1 unspecified atom stereocenters. The van der Waals surface area contributed by atoms with Gasteiger partial charge >= 0.3 is 0 Å². The molecule has 1 aliphatic heterocycles. The number of amides is 2. The standard InChI is InChI=1S/C15H17N3O4S/c1-8-4-6-23-12(8)15(21)18-5-3-10(7-18)16-13(19)11-9(2)22-17-14(11)20/h4,6,10H,3,5,7H2,1-2H3,(H,16,19)(H,17,20). The number of aryl methyl sites for hydroxylation is 2. The minimum absolute atomic E-state index is 0.00779. The van der Waals surface area contributed by atoms with Gasteiger partial charge in [0, 0.05) is 19.1 Å². The van der Waals surface area contributed by atoms with Crippen LogP contribution in [-0.4, -0.2) is 41.0 Å². The van der Waals surface area contributed by atoms with Gasteiger partial charge in [0.25, 0.3) is 17.4 Å². The Labute approximate surface area is 136 Å². The number of likely N-dealkylation sites (tertiary alicyclic amines) is 1. The van der Waals surface area contributed by atoms with Crippen molar-refractivity contribution in [2.75, 3.05) is 13.1 Å². The number of aromatic nitrogens is 1. The summed E-state index contributed by atoms with van der Waals surface area (Å²) < 4.78 is 4.84. The van der Waals surface area contributed by atoms with E-state index in [4.69, 9.17) is 4.52 Å². The molecule has 0 radical (unpaired) electrons. The van der Waals surface area contributed by atoms with E-state index in [0.717, 1.165) is 10.4 Å². The number of thiophene rings is 1. The zero-order valence-electron chi connectivity index (χ0n) is 12.8. The van der Waals surface area contributed by atoms with E-state index in [2.05, 4.69) is 10.5 Å². The summed E-state index contributed by atoms with van der Waals surface area (Å²) in [6.45, 7) is 4.49. The molecule has 8 heteroatoms. The highest BCUT2D eigenvalue weighted by molar-refractivity contribution is 7.12. The van der Waals surface area contributed by atoms with Crippen molar-refractivity contribution >= 4 is 23.2 Å². The number of carbonyl (C=O) groups is 2. The molecule has 7 nitrogen and oxygen atoms in total. The lowest BCUT2D eigenvalue weighted by Gasteiger charge is -2.16. The Bertz CT molecular complexity index is 804. The van der Waals surface area contributed by atoms with Crippen molar-refractivity contribution < 1.29 is 14.1 Å². The highest BCUT2D eigenvalue weighted by Crippen LogP contribution is 2.21. The normalized spacial score (nSPS) is 17.5. The maximum atomic E-state index is 12.5. The van der Waals surface area contributed by atoms with Crippen LogP contribution >= 0.6 is 11.3 Å². The molecule has 1 fully saturated rings. The van der Waals surface area contributed by atoms with Gasteiger partial charge < -0.3 is 14.7 Å². The van der Waals surface area contributed by atoms with Gasteiger partial charge in [0.15, 0.2) is 0 Å². The topological polar surface area (TPSA) is 95.4 Å². The highest BCUT2D eigenvalue weighted by atomic mass is 32.1. The predicted molar refractivity (Wildman–Crippen MR) is 84.9 cm³/mol. The van der Waals surface area contributed by atoms with Gasteiger partial charge in [-0.3, -0.25) is 14.4 Å². The first-order valence-corrected chi connectivity index (χ1v) is 8.17. The lowest BCUT2D eigenvalue weighted by molar-refractivity contribution is 0.0787. The Kier molecular flexibility index (Phi) is 4.08. The Hall–Kier alpha value is -2.35. The molecule has 2 aromatic heterocycles. The molecule has 122 valence electrons. The SMILES string of the molecule is Cc1ccsc1C(=O)N1CCC(NC(=O)c2c(C)o[nH]c2=O)C1. The minimum Gasteiger partial charge on any atom is -0.383 e. The second-order valence-electron chi connectivity index (χ2n) is 5.61. The molecule has 3 rings (SSSR count). The Morgan fingerprint density at radius 3 is 2.83 bits per heavy atom. The van der Waals surface area contributed by atoms with Crippen molar-refractivity contribution in [3.05, 3.63) is 43.6 Å². The summed E-state index contributed by atoms with van der Waals surface area (Å²) in [5.41, 5.74) is 0.414. The zero-order chi connectivity index (χ0) is 16.6. The first-order chi connectivity index (χ1) is 11.0. The summed E-state index contributed by atoms with van der Waals surface area (Å²) >= 11 is 1.43. The molecule has 1 aliphatic rings. The number of aromatic amines is 1. The lowest BCUT2D eigenvalue weighted by atomic mass is 10.2. The van der Waals surface area contributed by atoms with Gasteiger partial charge in [0.2, 0.25) is 0 Å². The summed E-state index contributed by atoms with van der Waals surface area (Å²) in [7, 11) is 0. The minimum atomic E-state index is -0.542. The number of hydrogen-bond donors (Lipinski definition) is 2. The van der Waals surface area contributed by atoms with Crippen LogP contribution in [0, 0.1) is 13.8 Å². The largest absolute Gasteiger partial charge is 0.383 e. The van der Waals surface area contributed by atoms with Crippen LogP contribution in [0.3, 0.4) is 0 Å². The van der Waals surface area contributed by atoms with Crippen LogP contribution in [0.15, 0.2) is 20.8 Å². The van der Waals surface area contributed by atoms with Crippen molar-refractivity contribution in [2.45, 2.75) is 26.3 Å². The fourth-order valence-corrected chi connectivity index (χ4v) is 3.60. The molecular formula is C15H17N3O4S. The first kappa shape index (κ1) is 15.5. The molecule has 23 heavy (non-hydrogen) atoms. The number of rotatable bonds is 3. The Morgan fingerprint density at radius 2 is 2.22 bits per heavy atom. The molecule has 2 amide bonds. The van der Waals surface area contributed by atoms with Crippen LogP contribution in [0.25, 0.3) is 0 Å². The third-order valence-electron chi connectivity index (χ3n) is 3.97. The predicted octanol–water partition coefficient (Wildman–Crippen LogP) is 1.29. The quantitative estimate of drug-likeness (QED) is 0.883. The lowest BCUT2D eigenvalue weighted by Crippen LogP contribution is -2.40. The molecule has 1 saturated heterocycles. The van der Waals surface area contributed by atoms with E-state index in [-0.39, 0.29) is 23.3 Å². The fourth-order valence-electron chi connectivity index (χ4n) is 2.70. The van der Waals surface area contributed by atoms with E-state index in [1.54, 1.807) is 11.8 Å². The van der Waals surface area contributed by atoms with Crippen molar-refractivity contribution in [1.82, 2.24) is 15.4 Å². The maximum Gasteiger partial charge on any atom is 0.293 e. The molecule has 0 saturated carbocycles. The molecular weight excluding hydrogens is 318 g/mol. The van der Waals surface area contributed by atoms with E-state index in [1.807, 2.05) is 18.4 Å². The molecule has 0 bridgehead atoms. The fraction of sp³-hybridized carbons (Fsp3) is 0.400. The van der Waals surface area contributed by atoms with Crippen molar-refractivity contribution in [3.8, 4) is 0 Å². The van der Waals surface area contributed by atoms with E-state index in [1.165, 1.54) is 11.3 Å². The second-order valence-corrected chi connectivity index (χ2v) is 6.52. The molecule has 0 aromatic carbocycles. The van der Waals surface area contributed by atoms with Gasteiger partial charge in [0.1, 0.15) is 11.3 Å². The van der Waals surface area contributed by atoms with Crippen LogP contribution in [-0.2, 0) is 0 Å². The number of nitrogens with zero attached hydrogens (tertiary/aromatic N) is 1. The van der Waals surface area contributed by atoms with Gasteiger partial charge in [-0.25, -0.2) is 0 Å². The van der Waals surface area contributed by atoms with E-state index < -0.39 is 11.5 Å². The van der Waals surface area contributed by atoms with Gasteiger partial charge in [-0.15, -0.1) is 11.3 Å². The van der Waals surface area contributed by atoms with Gasteiger partial charge in [-0.1, -0.05) is 0 Å². The van der Waals surface area contributed by atoms with E-state index in [0.29, 0.717) is 19.5 Å². The molecule has 0 aliphatic carbocycles. The van der Waals surface area contributed by atoms with Gasteiger partial charge in [-0.2, -0.15) is 5.16 Å².